The molecule has 1 fully saturated rings. The summed E-state index contributed by atoms with van der Waals surface area (Å²) in [5.74, 6) is 0.209. The maximum Gasteiger partial charge on any atom is 0.280 e. The van der Waals surface area contributed by atoms with E-state index in [9.17, 15) is 14.7 Å². The smallest absolute Gasteiger partial charge is 0.280 e. The average molecular weight is 488 g/mol. The van der Waals surface area contributed by atoms with E-state index in [-0.39, 0.29) is 22.7 Å². The molecule has 3 atom stereocenters. The van der Waals surface area contributed by atoms with Crippen molar-refractivity contribution >= 4 is 29.0 Å². The Morgan fingerprint density at radius 3 is 2.62 bits per heavy atom. The summed E-state index contributed by atoms with van der Waals surface area (Å²) in [5, 5.41) is 16.6. The van der Waals surface area contributed by atoms with Crippen LogP contribution in [-0.2, 0) is 0 Å². The molecule has 9 heteroatoms. The van der Waals surface area contributed by atoms with Crippen molar-refractivity contribution in [2.45, 2.75) is 91.5 Å². The van der Waals surface area contributed by atoms with Crippen molar-refractivity contribution in [2.75, 3.05) is 11.9 Å². The average Bonchev–Trinajstić information content (AvgIpc) is 3.39. The number of aryl methyl sites for hydroxylation is 1. The first kappa shape index (κ1) is 26.1. The molecule has 1 aliphatic rings. The van der Waals surface area contributed by atoms with E-state index < -0.39 is 17.6 Å². The zero-order valence-corrected chi connectivity index (χ0v) is 22.0. The molecule has 1 saturated heterocycles. The van der Waals surface area contributed by atoms with Crippen LogP contribution in [0.1, 0.15) is 86.7 Å². The number of nitrogens with zero attached hydrogens (tertiary/aromatic N) is 3. The SMILES string of the molecule is CC[C@@H](C)Nc1cc(C)c(-c2sc(C(=O)N[C@@H](C)C(C)(C)O)nc2C(=O)N2CCC[C@@H]2C)cn1. The molecule has 3 heterocycles. The molecule has 0 unspecified atom stereocenters. The van der Waals surface area contributed by atoms with Crippen LogP contribution in [-0.4, -0.2) is 62.1 Å². The largest absolute Gasteiger partial charge is 0.388 e. The van der Waals surface area contributed by atoms with Crippen molar-refractivity contribution < 1.29 is 14.7 Å². The van der Waals surface area contributed by atoms with Gasteiger partial charge in [0.2, 0.25) is 0 Å². The van der Waals surface area contributed by atoms with Gasteiger partial charge < -0.3 is 20.6 Å². The van der Waals surface area contributed by atoms with E-state index >= 15 is 0 Å². The van der Waals surface area contributed by atoms with Crippen LogP contribution in [0.3, 0.4) is 0 Å². The van der Waals surface area contributed by atoms with Crippen LogP contribution in [0, 0.1) is 6.92 Å². The number of rotatable bonds is 8. The topological polar surface area (TPSA) is 107 Å². The van der Waals surface area contributed by atoms with Crippen molar-refractivity contribution in [3.63, 3.8) is 0 Å². The predicted molar refractivity (Wildman–Crippen MR) is 136 cm³/mol. The summed E-state index contributed by atoms with van der Waals surface area (Å²) < 4.78 is 0. The van der Waals surface area contributed by atoms with E-state index in [1.54, 1.807) is 27.0 Å². The zero-order valence-electron chi connectivity index (χ0n) is 21.2. The molecule has 0 aromatic carbocycles. The zero-order chi connectivity index (χ0) is 25.2. The van der Waals surface area contributed by atoms with Gasteiger partial charge in [0.25, 0.3) is 11.8 Å². The molecule has 1 aliphatic heterocycles. The van der Waals surface area contributed by atoms with Crippen molar-refractivity contribution in [1.82, 2.24) is 20.2 Å². The highest BCUT2D eigenvalue weighted by Crippen LogP contribution is 2.35. The predicted octanol–water partition coefficient (Wildman–Crippen LogP) is 4.24. The normalized spacial score (nSPS) is 18.0. The first-order valence-electron chi connectivity index (χ1n) is 12.0. The molecule has 0 spiro atoms. The van der Waals surface area contributed by atoms with E-state index in [0.29, 0.717) is 17.5 Å². The van der Waals surface area contributed by atoms with E-state index in [2.05, 4.69) is 34.4 Å². The number of nitrogens with one attached hydrogen (secondary N) is 2. The minimum atomic E-state index is -1.08. The molecule has 8 nitrogen and oxygen atoms in total. The Balaban J connectivity index is 2.01. The molecule has 0 radical (unpaired) electrons. The second kappa shape index (κ2) is 10.4. The van der Waals surface area contributed by atoms with E-state index in [1.165, 1.54) is 11.3 Å². The Labute approximate surface area is 206 Å². The third kappa shape index (κ3) is 5.75. The maximum atomic E-state index is 13.5. The Morgan fingerprint density at radius 2 is 2.06 bits per heavy atom. The summed E-state index contributed by atoms with van der Waals surface area (Å²) in [5.41, 5.74) is 0.937. The van der Waals surface area contributed by atoms with Gasteiger partial charge >= 0.3 is 0 Å². The van der Waals surface area contributed by atoms with Gasteiger partial charge in [-0.15, -0.1) is 11.3 Å². The van der Waals surface area contributed by atoms with Crippen molar-refractivity contribution in [3.05, 3.63) is 28.5 Å². The van der Waals surface area contributed by atoms with Crippen LogP contribution in [0.15, 0.2) is 12.3 Å². The molecule has 3 N–H and O–H groups in total. The molecule has 0 saturated carbocycles. The first-order valence-corrected chi connectivity index (χ1v) is 12.8. The molecule has 3 rings (SSSR count). The summed E-state index contributed by atoms with van der Waals surface area (Å²) in [4.78, 5) is 38.0. The summed E-state index contributed by atoms with van der Waals surface area (Å²) in [6.45, 7) is 13.9. The lowest BCUT2D eigenvalue weighted by Gasteiger charge is -2.26. The highest BCUT2D eigenvalue weighted by atomic mass is 32.1. The minimum absolute atomic E-state index is 0.135. The highest BCUT2D eigenvalue weighted by molar-refractivity contribution is 7.17. The first-order chi connectivity index (χ1) is 15.9. The highest BCUT2D eigenvalue weighted by Gasteiger charge is 2.33. The molecule has 34 heavy (non-hydrogen) atoms. The van der Waals surface area contributed by atoms with Crippen LogP contribution in [0.2, 0.25) is 0 Å². The van der Waals surface area contributed by atoms with Crippen molar-refractivity contribution in [3.8, 4) is 10.4 Å². The Morgan fingerprint density at radius 1 is 1.35 bits per heavy atom. The Kier molecular flexibility index (Phi) is 7.98. The number of aromatic nitrogens is 2. The van der Waals surface area contributed by atoms with Crippen LogP contribution in [0.4, 0.5) is 5.82 Å². The Hall–Kier alpha value is -2.52. The summed E-state index contributed by atoms with van der Waals surface area (Å²) in [6, 6.07) is 1.91. The number of hydrogen-bond donors (Lipinski definition) is 3. The fourth-order valence-electron chi connectivity index (χ4n) is 3.78. The molecule has 2 aromatic heterocycles. The van der Waals surface area contributed by atoms with Crippen LogP contribution >= 0.6 is 11.3 Å². The van der Waals surface area contributed by atoms with Crippen molar-refractivity contribution in [2.24, 2.45) is 0 Å². The number of hydrogen-bond acceptors (Lipinski definition) is 7. The second-order valence-corrected chi connectivity index (χ2v) is 10.9. The standard InChI is InChI=1S/C25H37N5O3S/c1-8-15(3)27-19-12-14(2)18(13-26-19)21-20(24(32)30-11-9-10-16(30)4)29-23(34-21)22(31)28-17(5)25(6,7)33/h12-13,15-17,33H,8-11H2,1-7H3,(H,26,27)(H,28,31)/t15-,16+,17+/m1/s1. The number of amides is 2. The molecular formula is C25H37N5O3S. The number of carbonyl (C=O) groups excluding carboxylic acids is 2. The van der Waals surface area contributed by atoms with Gasteiger partial charge in [0, 0.05) is 30.4 Å². The summed E-state index contributed by atoms with van der Waals surface area (Å²) >= 11 is 1.19. The fraction of sp³-hybridized carbons (Fsp3) is 0.600. The van der Waals surface area contributed by atoms with E-state index in [4.69, 9.17) is 0 Å². The number of anilines is 1. The van der Waals surface area contributed by atoms with Gasteiger partial charge in [-0.1, -0.05) is 6.92 Å². The Bertz CT molecular complexity index is 1050. The monoisotopic (exact) mass is 487 g/mol. The van der Waals surface area contributed by atoms with E-state index in [1.807, 2.05) is 24.8 Å². The third-order valence-electron chi connectivity index (χ3n) is 6.61. The van der Waals surface area contributed by atoms with E-state index in [0.717, 1.165) is 36.2 Å². The molecule has 2 amide bonds. The summed E-state index contributed by atoms with van der Waals surface area (Å²) in [7, 11) is 0. The fourth-order valence-corrected chi connectivity index (χ4v) is 4.81. The minimum Gasteiger partial charge on any atom is -0.388 e. The van der Waals surface area contributed by atoms with Gasteiger partial charge in [-0.05, 0) is 72.4 Å². The van der Waals surface area contributed by atoms with Gasteiger partial charge in [-0.2, -0.15) is 0 Å². The number of pyridine rings is 1. The van der Waals surface area contributed by atoms with Crippen molar-refractivity contribution in [1.29, 1.82) is 0 Å². The number of likely N-dealkylation sites (tertiary alicyclic amines) is 1. The summed E-state index contributed by atoms with van der Waals surface area (Å²) in [6.07, 6.45) is 4.64. The lowest BCUT2D eigenvalue weighted by molar-refractivity contribution is 0.0408. The van der Waals surface area contributed by atoms with Crippen LogP contribution in [0.5, 0.6) is 0 Å². The lowest BCUT2D eigenvalue weighted by atomic mass is 10.0. The lowest BCUT2D eigenvalue weighted by Crippen LogP contribution is -2.47. The van der Waals surface area contributed by atoms with Gasteiger partial charge in [0.05, 0.1) is 16.5 Å². The van der Waals surface area contributed by atoms with Crippen LogP contribution in [0.25, 0.3) is 10.4 Å². The van der Waals surface area contributed by atoms with Gasteiger partial charge in [0.1, 0.15) is 11.5 Å². The molecular weight excluding hydrogens is 450 g/mol. The second-order valence-electron chi connectivity index (χ2n) is 9.87. The molecule has 2 aromatic rings. The number of thiazole rings is 1. The van der Waals surface area contributed by atoms with Gasteiger partial charge in [0.15, 0.2) is 5.01 Å². The molecule has 0 bridgehead atoms. The third-order valence-corrected chi connectivity index (χ3v) is 7.69. The van der Waals surface area contributed by atoms with Crippen LogP contribution < -0.4 is 10.6 Å². The molecule has 186 valence electrons. The number of aliphatic hydroxyl groups is 1. The quantitative estimate of drug-likeness (QED) is 0.514. The van der Waals surface area contributed by atoms with Gasteiger partial charge in [-0.25, -0.2) is 9.97 Å². The van der Waals surface area contributed by atoms with Gasteiger partial charge in [-0.3, -0.25) is 9.59 Å². The molecule has 0 aliphatic carbocycles. The maximum absolute atomic E-state index is 13.5. The number of carbonyl (C=O) groups is 2.